The molecule has 8 heteroatoms. The molecule has 1 N–H and O–H groups in total. The lowest BCUT2D eigenvalue weighted by Crippen LogP contribution is -2.17. The second kappa shape index (κ2) is 8.70. The van der Waals surface area contributed by atoms with Crippen molar-refractivity contribution >= 4 is 34.3 Å². The zero-order valence-corrected chi connectivity index (χ0v) is 17.9. The summed E-state index contributed by atoms with van der Waals surface area (Å²) in [4.78, 5) is 13.7. The van der Waals surface area contributed by atoms with Crippen LogP contribution in [0, 0.1) is 0 Å². The Kier molecular flexibility index (Phi) is 6.00. The minimum absolute atomic E-state index is 0.0282. The minimum Gasteiger partial charge on any atom is -0.328 e. The number of nitrogens with zero attached hydrogens (tertiary/aromatic N) is 3. The Morgan fingerprint density at radius 3 is 2.48 bits per heavy atom. The number of fused-ring (bicyclic) bond motifs is 1. The van der Waals surface area contributed by atoms with E-state index in [4.69, 9.17) is 4.99 Å². The van der Waals surface area contributed by atoms with Crippen LogP contribution in [0.15, 0.2) is 64.1 Å². The normalized spacial score (nSPS) is 14.7. The van der Waals surface area contributed by atoms with E-state index >= 15 is 0 Å². The summed E-state index contributed by atoms with van der Waals surface area (Å²) in [6, 6.07) is 12.7. The standard InChI is InChI=1S/C23H21F3N4S/c1-3-14-12-13-19(29-22(14)31-2)28-21-16-9-5-7-11-18(16)27-20(30-21)15-8-4-6-10-17(15)23(24,25)26/h4-11H,3,12-13H2,1-2H3,(H,27,28,29,30). The van der Waals surface area contributed by atoms with Crippen LogP contribution in [0.5, 0.6) is 0 Å². The fourth-order valence-corrected chi connectivity index (χ4v) is 4.33. The highest BCUT2D eigenvalue weighted by Gasteiger charge is 2.34. The molecule has 2 heterocycles. The predicted molar refractivity (Wildman–Crippen MR) is 121 cm³/mol. The minimum atomic E-state index is -4.50. The molecule has 0 saturated carbocycles. The highest BCUT2D eigenvalue weighted by atomic mass is 32.2. The number of hydrogen-bond donors (Lipinski definition) is 1. The lowest BCUT2D eigenvalue weighted by Gasteiger charge is -2.19. The number of thioether (sulfide) groups is 1. The van der Waals surface area contributed by atoms with Crippen LogP contribution < -0.4 is 5.32 Å². The molecule has 4 nitrogen and oxygen atoms in total. The highest BCUT2D eigenvalue weighted by Crippen LogP contribution is 2.37. The first-order valence-electron chi connectivity index (χ1n) is 9.94. The van der Waals surface area contributed by atoms with E-state index in [1.165, 1.54) is 17.7 Å². The largest absolute Gasteiger partial charge is 0.417 e. The van der Waals surface area contributed by atoms with Crippen LogP contribution in [-0.4, -0.2) is 22.1 Å². The van der Waals surface area contributed by atoms with Gasteiger partial charge in [0.05, 0.1) is 16.1 Å². The van der Waals surface area contributed by atoms with E-state index < -0.39 is 11.7 Å². The number of benzene rings is 2. The van der Waals surface area contributed by atoms with Gasteiger partial charge in [-0.05, 0) is 42.9 Å². The van der Waals surface area contributed by atoms with Crippen LogP contribution in [0.2, 0.25) is 0 Å². The molecular weight excluding hydrogens is 421 g/mol. The molecule has 1 aromatic heterocycles. The van der Waals surface area contributed by atoms with Crippen LogP contribution >= 0.6 is 11.8 Å². The molecule has 0 amide bonds. The number of aromatic nitrogens is 2. The average Bonchev–Trinajstić information content (AvgIpc) is 2.78. The molecular formula is C23H21F3N4S. The molecule has 2 aromatic carbocycles. The van der Waals surface area contributed by atoms with Crippen LogP contribution in [0.3, 0.4) is 0 Å². The molecule has 3 aromatic rings. The van der Waals surface area contributed by atoms with Gasteiger partial charge >= 0.3 is 6.18 Å². The quantitative estimate of drug-likeness (QED) is 0.477. The van der Waals surface area contributed by atoms with Gasteiger partial charge in [0.2, 0.25) is 0 Å². The van der Waals surface area contributed by atoms with E-state index in [2.05, 4.69) is 22.2 Å². The van der Waals surface area contributed by atoms with Gasteiger partial charge in [-0.25, -0.2) is 15.0 Å². The van der Waals surface area contributed by atoms with Gasteiger partial charge in [-0.2, -0.15) is 13.2 Å². The molecule has 0 bridgehead atoms. The third-order valence-corrected chi connectivity index (χ3v) is 5.93. The van der Waals surface area contributed by atoms with Crippen LogP contribution in [-0.2, 0) is 6.18 Å². The number of aliphatic imine (C=N–C) groups is 1. The summed E-state index contributed by atoms with van der Waals surface area (Å²) in [6.07, 6.45) is 0.0536. The number of halogens is 3. The number of para-hydroxylation sites is 1. The summed E-state index contributed by atoms with van der Waals surface area (Å²) in [5, 5.41) is 4.99. The van der Waals surface area contributed by atoms with Gasteiger partial charge in [0.15, 0.2) is 5.82 Å². The van der Waals surface area contributed by atoms with E-state index in [9.17, 15) is 13.2 Å². The van der Waals surface area contributed by atoms with Gasteiger partial charge in [0, 0.05) is 17.4 Å². The van der Waals surface area contributed by atoms with Gasteiger partial charge in [0.1, 0.15) is 11.7 Å². The fourth-order valence-electron chi connectivity index (χ4n) is 3.60. The van der Waals surface area contributed by atoms with E-state index in [0.717, 1.165) is 41.6 Å². The number of hydrogen-bond acceptors (Lipinski definition) is 5. The maximum atomic E-state index is 13.6. The van der Waals surface area contributed by atoms with Crippen molar-refractivity contribution in [1.82, 2.24) is 9.97 Å². The number of alkyl halides is 3. The molecule has 31 heavy (non-hydrogen) atoms. The smallest absolute Gasteiger partial charge is 0.328 e. The van der Waals surface area contributed by atoms with Gasteiger partial charge in [-0.1, -0.05) is 37.3 Å². The zero-order valence-electron chi connectivity index (χ0n) is 17.1. The van der Waals surface area contributed by atoms with Crippen molar-refractivity contribution in [2.75, 3.05) is 11.6 Å². The first-order valence-corrected chi connectivity index (χ1v) is 11.2. The second-order valence-corrected chi connectivity index (χ2v) is 7.90. The summed E-state index contributed by atoms with van der Waals surface area (Å²) >= 11 is 1.60. The third kappa shape index (κ3) is 4.44. The first kappa shape index (κ1) is 21.4. The molecule has 0 radical (unpaired) electrons. The number of anilines is 1. The van der Waals surface area contributed by atoms with E-state index in [1.807, 2.05) is 18.4 Å². The lowest BCUT2D eigenvalue weighted by atomic mass is 10.1. The Morgan fingerprint density at radius 2 is 1.74 bits per heavy atom. The molecule has 160 valence electrons. The molecule has 4 rings (SSSR count). The van der Waals surface area contributed by atoms with Crippen molar-refractivity contribution in [1.29, 1.82) is 0 Å². The maximum absolute atomic E-state index is 13.6. The molecule has 0 aliphatic carbocycles. The Bertz CT molecular complexity index is 1180. The van der Waals surface area contributed by atoms with Crippen molar-refractivity contribution in [2.24, 2.45) is 4.99 Å². The van der Waals surface area contributed by atoms with Crippen molar-refractivity contribution < 1.29 is 13.2 Å². The fraction of sp³-hybridized carbons (Fsp3) is 0.261. The Morgan fingerprint density at radius 1 is 1.00 bits per heavy atom. The molecule has 0 atom stereocenters. The number of nitrogens with one attached hydrogen (secondary N) is 1. The van der Waals surface area contributed by atoms with Crippen LogP contribution in [0.1, 0.15) is 31.7 Å². The summed E-state index contributed by atoms with van der Waals surface area (Å²) in [6.45, 7) is 2.11. The average molecular weight is 443 g/mol. The van der Waals surface area contributed by atoms with Crippen molar-refractivity contribution in [3.05, 3.63) is 64.7 Å². The molecule has 0 spiro atoms. The van der Waals surface area contributed by atoms with Crippen molar-refractivity contribution in [3.8, 4) is 11.4 Å². The monoisotopic (exact) mass is 442 g/mol. The van der Waals surface area contributed by atoms with Crippen LogP contribution in [0.4, 0.5) is 19.0 Å². The molecule has 1 aliphatic heterocycles. The predicted octanol–water partition coefficient (Wildman–Crippen LogP) is 6.90. The third-order valence-electron chi connectivity index (χ3n) is 5.16. The van der Waals surface area contributed by atoms with E-state index in [0.29, 0.717) is 11.3 Å². The zero-order chi connectivity index (χ0) is 22.0. The maximum Gasteiger partial charge on any atom is 0.417 e. The Labute approximate surface area is 182 Å². The number of amidine groups is 1. The summed E-state index contributed by atoms with van der Waals surface area (Å²) in [7, 11) is 0. The van der Waals surface area contributed by atoms with Crippen molar-refractivity contribution in [3.63, 3.8) is 0 Å². The van der Waals surface area contributed by atoms with Gasteiger partial charge in [0.25, 0.3) is 0 Å². The van der Waals surface area contributed by atoms with Gasteiger partial charge < -0.3 is 5.32 Å². The Balaban J connectivity index is 1.83. The van der Waals surface area contributed by atoms with Crippen LogP contribution in [0.25, 0.3) is 22.3 Å². The van der Waals surface area contributed by atoms with Crippen molar-refractivity contribution in [2.45, 2.75) is 32.4 Å². The lowest BCUT2D eigenvalue weighted by molar-refractivity contribution is -0.137. The molecule has 0 unspecified atom stereocenters. The number of rotatable bonds is 4. The van der Waals surface area contributed by atoms with Gasteiger partial charge in [-0.15, -0.1) is 11.8 Å². The topological polar surface area (TPSA) is 50.2 Å². The van der Waals surface area contributed by atoms with E-state index in [-0.39, 0.29) is 11.4 Å². The first-order chi connectivity index (χ1) is 14.9. The molecule has 0 fully saturated rings. The Hall–Kier alpha value is -2.87. The second-order valence-electron chi connectivity index (χ2n) is 7.11. The molecule has 0 saturated heterocycles. The summed E-state index contributed by atoms with van der Waals surface area (Å²) in [5.74, 6) is 1.23. The molecule has 1 aliphatic rings. The highest BCUT2D eigenvalue weighted by molar-refractivity contribution is 8.02. The van der Waals surface area contributed by atoms with Gasteiger partial charge in [-0.3, -0.25) is 0 Å². The van der Waals surface area contributed by atoms with E-state index in [1.54, 1.807) is 30.0 Å². The number of allylic oxidation sites excluding steroid dienone is 1. The summed E-state index contributed by atoms with van der Waals surface area (Å²) in [5.41, 5.74) is 1.07. The SMILES string of the molecule is CCC1=C(SC)N=C(Nc2nc(-c3ccccc3C(F)(F)F)nc3ccccc23)CC1. The summed E-state index contributed by atoms with van der Waals surface area (Å²) < 4.78 is 40.7.